The van der Waals surface area contributed by atoms with Crippen LogP contribution in [0.5, 0.6) is 5.75 Å². The summed E-state index contributed by atoms with van der Waals surface area (Å²) in [6, 6.07) is 12.2. The molecule has 0 aromatic heterocycles. The van der Waals surface area contributed by atoms with E-state index in [1.54, 1.807) is 19.1 Å². The van der Waals surface area contributed by atoms with Crippen LogP contribution in [0, 0.1) is 12.8 Å². The van der Waals surface area contributed by atoms with E-state index >= 15 is 0 Å². The molecule has 1 N–H and O–H groups in total. The summed E-state index contributed by atoms with van der Waals surface area (Å²) >= 11 is 6.03. The van der Waals surface area contributed by atoms with Gasteiger partial charge in [-0.05, 0) is 56.5 Å². The van der Waals surface area contributed by atoms with E-state index in [1.807, 2.05) is 31.2 Å². The van der Waals surface area contributed by atoms with Crippen molar-refractivity contribution in [3.8, 4) is 5.75 Å². The summed E-state index contributed by atoms with van der Waals surface area (Å²) < 4.78 is 33.1. The van der Waals surface area contributed by atoms with Crippen LogP contribution in [0.1, 0.15) is 25.3 Å². The number of piperidine rings is 1. The number of nitrogens with one attached hydrogen (secondary N) is 1. The molecule has 0 radical (unpaired) electrons. The molecule has 0 spiro atoms. The molecule has 2 aromatic carbocycles. The minimum absolute atomic E-state index is 0.0645. The third-order valence-electron chi connectivity index (χ3n) is 5.05. The van der Waals surface area contributed by atoms with E-state index < -0.39 is 10.0 Å². The molecule has 2 aromatic rings. The van der Waals surface area contributed by atoms with Crippen LogP contribution < -0.4 is 10.1 Å². The van der Waals surface area contributed by atoms with Crippen LogP contribution in [0.4, 0.5) is 5.69 Å². The number of aryl methyl sites for hydroxylation is 1. The molecule has 1 aliphatic rings. The molecule has 1 fully saturated rings. The molecule has 0 atom stereocenters. The van der Waals surface area contributed by atoms with Gasteiger partial charge in [0.2, 0.25) is 15.9 Å². The molecule has 29 heavy (non-hydrogen) atoms. The van der Waals surface area contributed by atoms with Crippen LogP contribution >= 0.6 is 11.6 Å². The van der Waals surface area contributed by atoms with Crippen LogP contribution in [-0.2, 0) is 14.8 Å². The average Bonchev–Trinajstić information content (AvgIpc) is 2.71. The summed E-state index contributed by atoms with van der Waals surface area (Å²) in [6.07, 6.45) is 0.920. The number of carbonyl (C=O) groups is 1. The fraction of sp³-hybridized carbons (Fsp3) is 0.381. The number of hydrogen-bond acceptors (Lipinski definition) is 4. The highest BCUT2D eigenvalue weighted by Gasteiger charge is 2.34. The molecule has 1 saturated heterocycles. The Morgan fingerprint density at radius 2 is 1.90 bits per heavy atom. The first kappa shape index (κ1) is 21.6. The van der Waals surface area contributed by atoms with Gasteiger partial charge in [0.05, 0.1) is 6.61 Å². The Labute approximate surface area is 176 Å². The van der Waals surface area contributed by atoms with E-state index in [4.69, 9.17) is 16.3 Å². The Hall–Kier alpha value is -2.09. The van der Waals surface area contributed by atoms with Gasteiger partial charge in [-0.15, -0.1) is 0 Å². The first-order chi connectivity index (χ1) is 13.8. The number of rotatable bonds is 6. The zero-order valence-electron chi connectivity index (χ0n) is 16.5. The van der Waals surface area contributed by atoms with Gasteiger partial charge in [0.25, 0.3) is 0 Å². The second kappa shape index (κ2) is 9.15. The van der Waals surface area contributed by atoms with Gasteiger partial charge in [0.15, 0.2) is 0 Å². The maximum absolute atomic E-state index is 13.1. The number of nitrogens with zero attached hydrogens (tertiary/aromatic N) is 1. The lowest BCUT2D eigenvalue weighted by atomic mass is 9.97. The van der Waals surface area contributed by atoms with Crippen molar-refractivity contribution in [2.45, 2.75) is 31.6 Å². The molecule has 8 heteroatoms. The van der Waals surface area contributed by atoms with Crippen LogP contribution in [0.3, 0.4) is 0 Å². The molecule has 6 nitrogen and oxygen atoms in total. The first-order valence-corrected chi connectivity index (χ1v) is 11.4. The van der Waals surface area contributed by atoms with Crippen molar-refractivity contribution in [1.29, 1.82) is 0 Å². The Morgan fingerprint density at radius 1 is 1.21 bits per heavy atom. The highest BCUT2D eigenvalue weighted by Crippen LogP contribution is 2.32. The predicted molar refractivity (Wildman–Crippen MR) is 114 cm³/mol. The average molecular weight is 437 g/mol. The zero-order chi connectivity index (χ0) is 21.0. The summed E-state index contributed by atoms with van der Waals surface area (Å²) in [6.45, 7) is 4.62. The number of benzene rings is 2. The van der Waals surface area contributed by atoms with Crippen molar-refractivity contribution in [2.75, 3.05) is 25.0 Å². The van der Waals surface area contributed by atoms with Gasteiger partial charge in [-0.2, -0.15) is 4.31 Å². The second-order valence-electron chi connectivity index (χ2n) is 7.01. The molecule has 0 unspecified atom stereocenters. The second-order valence-corrected chi connectivity index (χ2v) is 9.35. The fourth-order valence-corrected chi connectivity index (χ4v) is 5.27. The Bertz CT molecular complexity index is 986. The minimum Gasteiger partial charge on any atom is -0.492 e. The van der Waals surface area contributed by atoms with Crippen LogP contribution in [0.25, 0.3) is 0 Å². The number of anilines is 1. The summed E-state index contributed by atoms with van der Waals surface area (Å²) in [5.74, 6) is -0.0165. The van der Waals surface area contributed by atoms with Gasteiger partial charge >= 0.3 is 0 Å². The summed E-state index contributed by atoms with van der Waals surface area (Å²) in [7, 11) is -3.76. The van der Waals surface area contributed by atoms with Gasteiger partial charge in [0.1, 0.15) is 10.6 Å². The summed E-state index contributed by atoms with van der Waals surface area (Å²) in [5, 5.41) is 3.29. The molecule has 1 amide bonds. The van der Waals surface area contributed by atoms with E-state index in [9.17, 15) is 13.2 Å². The summed E-state index contributed by atoms with van der Waals surface area (Å²) in [5.41, 5.74) is 1.78. The monoisotopic (exact) mass is 436 g/mol. The molecule has 1 heterocycles. The van der Waals surface area contributed by atoms with E-state index in [0.29, 0.717) is 24.5 Å². The van der Waals surface area contributed by atoms with E-state index in [1.165, 1.54) is 10.4 Å². The van der Waals surface area contributed by atoms with Crippen LogP contribution in [-0.4, -0.2) is 38.3 Å². The van der Waals surface area contributed by atoms with Crippen molar-refractivity contribution in [1.82, 2.24) is 4.31 Å². The quantitative estimate of drug-likeness (QED) is 0.740. The lowest BCUT2D eigenvalue weighted by Crippen LogP contribution is -2.41. The zero-order valence-corrected chi connectivity index (χ0v) is 18.1. The van der Waals surface area contributed by atoms with E-state index in [2.05, 4.69) is 5.32 Å². The number of halogens is 1. The van der Waals surface area contributed by atoms with Gasteiger partial charge in [-0.25, -0.2) is 8.42 Å². The van der Waals surface area contributed by atoms with Crippen molar-refractivity contribution in [2.24, 2.45) is 5.92 Å². The maximum atomic E-state index is 13.1. The van der Waals surface area contributed by atoms with Gasteiger partial charge in [-0.1, -0.05) is 29.8 Å². The standard InChI is InChI=1S/C21H25ClN2O4S/c1-3-28-19-9-8-17(22)14-20(19)29(26,27)24-12-10-16(11-13-24)21(25)23-18-7-5-4-6-15(18)2/h4-9,14,16H,3,10-13H2,1-2H3,(H,23,25). The fourth-order valence-electron chi connectivity index (χ4n) is 3.40. The lowest BCUT2D eigenvalue weighted by molar-refractivity contribution is -0.120. The highest BCUT2D eigenvalue weighted by molar-refractivity contribution is 7.89. The van der Waals surface area contributed by atoms with Crippen molar-refractivity contribution in [3.63, 3.8) is 0 Å². The van der Waals surface area contributed by atoms with Gasteiger partial charge < -0.3 is 10.1 Å². The Morgan fingerprint density at radius 3 is 2.55 bits per heavy atom. The molecule has 1 aliphatic heterocycles. The molecule has 0 bridgehead atoms. The maximum Gasteiger partial charge on any atom is 0.246 e. The molecular weight excluding hydrogens is 412 g/mol. The van der Waals surface area contributed by atoms with E-state index in [-0.39, 0.29) is 35.6 Å². The SMILES string of the molecule is CCOc1ccc(Cl)cc1S(=O)(=O)N1CCC(C(=O)Nc2ccccc2C)CC1. The highest BCUT2D eigenvalue weighted by atomic mass is 35.5. The number of para-hydroxylation sites is 1. The smallest absolute Gasteiger partial charge is 0.246 e. The third-order valence-corrected chi connectivity index (χ3v) is 7.21. The predicted octanol–water partition coefficient (Wildman–Crippen LogP) is 4.09. The van der Waals surface area contributed by atoms with Crippen LogP contribution in [0.15, 0.2) is 47.4 Å². The van der Waals surface area contributed by atoms with Crippen molar-refractivity contribution in [3.05, 3.63) is 53.1 Å². The largest absolute Gasteiger partial charge is 0.492 e. The van der Waals surface area contributed by atoms with Crippen molar-refractivity contribution >= 4 is 33.2 Å². The normalized spacial score (nSPS) is 15.8. The summed E-state index contributed by atoms with van der Waals surface area (Å²) in [4.78, 5) is 12.7. The number of amides is 1. The number of ether oxygens (including phenoxy) is 1. The third kappa shape index (κ3) is 4.91. The number of hydrogen-bond donors (Lipinski definition) is 1. The van der Waals surface area contributed by atoms with Gasteiger partial charge in [0, 0.05) is 29.7 Å². The van der Waals surface area contributed by atoms with Crippen molar-refractivity contribution < 1.29 is 17.9 Å². The van der Waals surface area contributed by atoms with Gasteiger partial charge in [-0.3, -0.25) is 4.79 Å². The number of sulfonamides is 1. The molecule has 3 rings (SSSR count). The first-order valence-electron chi connectivity index (χ1n) is 9.62. The van der Waals surface area contributed by atoms with E-state index in [0.717, 1.165) is 11.3 Å². The Balaban J connectivity index is 1.69. The molecule has 156 valence electrons. The number of carbonyl (C=O) groups excluding carboxylic acids is 1. The Kier molecular flexibility index (Phi) is 6.82. The molecule has 0 aliphatic carbocycles. The molecule has 0 saturated carbocycles. The topological polar surface area (TPSA) is 75.7 Å². The lowest BCUT2D eigenvalue weighted by Gasteiger charge is -2.31. The molecular formula is C21H25ClN2O4S. The van der Waals surface area contributed by atoms with Crippen LogP contribution in [0.2, 0.25) is 5.02 Å². The minimum atomic E-state index is -3.76.